The van der Waals surface area contributed by atoms with Gasteiger partial charge in [0.15, 0.2) is 11.5 Å². The molecule has 0 radical (unpaired) electrons. The molecular weight excluding hydrogens is 372 g/mol. The van der Waals surface area contributed by atoms with Crippen LogP contribution in [0.15, 0.2) is 51.5 Å². The lowest BCUT2D eigenvalue weighted by molar-refractivity contribution is 0.355. The van der Waals surface area contributed by atoms with E-state index in [4.69, 9.17) is 14.0 Å². The summed E-state index contributed by atoms with van der Waals surface area (Å²) in [5.74, 6) is 2.33. The zero-order valence-electron chi connectivity index (χ0n) is 13.2. The highest BCUT2D eigenvalue weighted by molar-refractivity contribution is 9.10. The molecule has 0 aliphatic carbocycles. The van der Waals surface area contributed by atoms with Gasteiger partial charge in [0.25, 0.3) is 5.89 Å². The van der Waals surface area contributed by atoms with Crippen LogP contribution >= 0.6 is 15.9 Å². The quantitative estimate of drug-likeness (QED) is 0.636. The van der Waals surface area contributed by atoms with Gasteiger partial charge in [-0.15, -0.1) is 0 Å². The SMILES string of the molecule is COc1ccc(/C=C/c2nc(-c3cccc(Br)c3)no2)cc1OC. The number of benzene rings is 2. The predicted octanol–water partition coefficient (Wildman–Crippen LogP) is 4.69. The van der Waals surface area contributed by atoms with Crippen molar-refractivity contribution in [3.8, 4) is 22.9 Å². The number of hydrogen-bond donors (Lipinski definition) is 0. The largest absolute Gasteiger partial charge is 0.493 e. The summed E-state index contributed by atoms with van der Waals surface area (Å²) in [4.78, 5) is 4.37. The Morgan fingerprint density at radius 1 is 1.00 bits per heavy atom. The third kappa shape index (κ3) is 3.65. The molecule has 1 heterocycles. The molecule has 0 saturated heterocycles. The molecule has 3 rings (SSSR count). The summed E-state index contributed by atoms with van der Waals surface area (Å²) in [5.41, 5.74) is 1.83. The number of rotatable bonds is 5. The highest BCUT2D eigenvalue weighted by atomic mass is 79.9. The Morgan fingerprint density at radius 2 is 1.83 bits per heavy atom. The molecule has 1 aromatic heterocycles. The molecule has 0 spiro atoms. The van der Waals surface area contributed by atoms with Crippen LogP contribution in [0, 0.1) is 0 Å². The third-order valence-corrected chi connectivity index (χ3v) is 3.84. The van der Waals surface area contributed by atoms with E-state index in [0.717, 1.165) is 15.6 Å². The molecule has 2 aromatic carbocycles. The van der Waals surface area contributed by atoms with Gasteiger partial charge in [-0.1, -0.05) is 39.3 Å². The van der Waals surface area contributed by atoms with Crippen molar-refractivity contribution in [2.24, 2.45) is 0 Å². The third-order valence-electron chi connectivity index (χ3n) is 3.35. The average molecular weight is 387 g/mol. The fraction of sp³-hybridized carbons (Fsp3) is 0.111. The lowest BCUT2D eigenvalue weighted by Crippen LogP contribution is -1.90. The smallest absolute Gasteiger partial charge is 0.250 e. The molecule has 0 saturated carbocycles. The van der Waals surface area contributed by atoms with Gasteiger partial charge in [0, 0.05) is 16.1 Å². The van der Waals surface area contributed by atoms with Gasteiger partial charge >= 0.3 is 0 Å². The van der Waals surface area contributed by atoms with Crippen molar-refractivity contribution in [2.75, 3.05) is 14.2 Å². The van der Waals surface area contributed by atoms with Crippen molar-refractivity contribution < 1.29 is 14.0 Å². The van der Waals surface area contributed by atoms with Gasteiger partial charge in [-0.2, -0.15) is 4.98 Å². The molecular formula is C18H15BrN2O3. The molecule has 0 aliphatic rings. The number of nitrogens with zero attached hydrogens (tertiary/aromatic N) is 2. The van der Waals surface area contributed by atoms with E-state index < -0.39 is 0 Å². The van der Waals surface area contributed by atoms with E-state index in [0.29, 0.717) is 23.2 Å². The highest BCUT2D eigenvalue weighted by Crippen LogP contribution is 2.28. The molecule has 0 aliphatic heterocycles. The number of ether oxygens (including phenoxy) is 2. The van der Waals surface area contributed by atoms with Crippen molar-refractivity contribution in [2.45, 2.75) is 0 Å². The molecule has 0 unspecified atom stereocenters. The highest BCUT2D eigenvalue weighted by Gasteiger charge is 2.07. The molecule has 6 heteroatoms. The normalized spacial score (nSPS) is 11.0. The Hall–Kier alpha value is -2.60. The summed E-state index contributed by atoms with van der Waals surface area (Å²) in [5, 5.41) is 4.00. The van der Waals surface area contributed by atoms with Gasteiger partial charge in [0.1, 0.15) is 0 Å². The van der Waals surface area contributed by atoms with Crippen molar-refractivity contribution in [1.29, 1.82) is 0 Å². The van der Waals surface area contributed by atoms with E-state index in [1.165, 1.54) is 0 Å². The Morgan fingerprint density at radius 3 is 2.58 bits per heavy atom. The second-order valence-electron chi connectivity index (χ2n) is 4.91. The average Bonchev–Trinajstić information content (AvgIpc) is 3.08. The topological polar surface area (TPSA) is 57.4 Å². The molecule has 24 heavy (non-hydrogen) atoms. The lowest BCUT2D eigenvalue weighted by atomic mass is 10.2. The molecule has 0 amide bonds. The van der Waals surface area contributed by atoms with E-state index in [2.05, 4.69) is 26.1 Å². The maximum atomic E-state index is 5.29. The summed E-state index contributed by atoms with van der Waals surface area (Å²) in [6.45, 7) is 0. The van der Waals surface area contributed by atoms with E-state index >= 15 is 0 Å². The zero-order chi connectivity index (χ0) is 16.9. The first-order valence-corrected chi connectivity index (χ1v) is 7.98. The minimum Gasteiger partial charge on any atom is -0.493 e. The van der Waals surface area contributed by atoms with Gasteiger partial charge in [0.2, 0.25) is 5.82 Å². The van der Waals surface area contributed by atoms with Gasteiger partial charge in [-0.05, 0) is 35.9 Å². The molecule has 0 fully saturated rings. The van der Waals surface area contributed by atoms with Gasteiger partial charge in [-0.25, -0.2) is 0 Å². The Labute approximate surface area is 148 Å². The van der Waals surface area contributed by atoms with Crippen molar-refractivity contribution >= 4 is 28.1 Å². The maximum Gasteiger partial charge on any atom is 0.250 e. The monoisotopic (exact) mass is 386 g/mol. The summed E-state index contributed by atoms with van der Waals surface area (Å²) in [6, 6.07) is 13.4. The van der Waals surface area contributed by atoms with Crippen LogP contribution in [0.2, 0.25) is 0 Å². The standard InChI is InChI=1S/C18H15BrN2O3/c1-22-15-8-6-12(10-16(15)23-2)7-9-17-20-18(21-24-17)13-4-3-5-14(19)11-13/h3-11H,1-2H3/b9-7+. The van der Waals surface area contributed by atoms with Gasteiger partial charge < -0.3 is 14.0 Å². The second-order valence-corrected chi connectivity index (χ2v) is 5.83. The minimum atomic E-state index is 0.430. The van der Waals surface area contributed by atoms with Crippen LogP contribution in [0.5, 0.6) is 11.5 Å². The number of hydrogen-bond acceptors (Lipinski definition) is 5. The van der Waals surface area contributed by atoms with Gasteiger partial charge in [0.05, 0.1) is 14.2 Å². The lowest BCUT2D eigenvalue weighted by Gasteiger charge is -2.07. The first-order valence-electron chi connectivity index (χ1n) is 7.19. The summed E-state index contributed by atoms with van der Waals surface area (Å²) in [6.07, 6.45) is 3.63. The maximum absolute atomic E-state index is 5.29. The second kappa shape index (κ2) is 7.31. The van der Waals surface area contributed by atoms with Crippen LogP contribution in [0.25, 0.3) is 23.5 Å². The zero-order valence-corrected chi connectivity index (χ0v) is 14.8. The first kappa shape index (κ1) is 16.3. The Balaban J connectivity index is 1.80. The van der Waals surface area contributed by atoms with E-state index in [9.17, 15) is 0 Å². The Kier molecular flexibility index (Phi) is 4.96. The summed E-state index contributed by atoms with van der Waals surface area (Å²) in [7, 11) is 3.21. The molecule has 0 atom stereocenters. The fourth-order valence-corrected chi connectivity index (χ4v) is 2.57. The Bertz CT molecular complexity index is 874. The van der Waals surface area contributed by atoms with Crippen LogP contribution < -0.4 is 9.47 Å². The van der Waals surface area contributed by atoms with Crippen LogP contribution in [-0.4, -0.2) is 24.4 Å². The molecule has 0 bridgehead atoms. The fourth-order valence-electron chi connectivity index (χ4n) is 2.17. The van der Waals surface area contributed by atoms with Crippen molar-refractivity contribution in [1.82, 2.24) is 10.1 Å². The van der Waals surface area contributed by atoms with Crippen molar-refractivity contribution in [3.63, 3.8) is 0 Å². The number of halogens is 1. The predicted molar refractivity (Wildman–Crippen MR) is 95.9 cm³/mol. The minimum absolute atomic E-state index is 0.430. The van der Waals surface area contributed by atoms with E-state index in [1.54, 1.807) is 20.3 Å². The molecule has 3 aromatic rings. The molecule has 0 N–H and O–H groups in total. The molecule has 5 nitrogen and oxygen atoms in total. The number of methoxy groups -OCH3 is 2. The van der Waals surface area contributed by atoms with Crippen LogP contribution in [0.4, 0.5) is 0 Å². The van der Waals surface area contributed by atoms with Crippen LogP contribution in [0.1, 0.15) is 11.5 Å². The van der Waals surface area contributed by atoms with Gasteiger partial charge in [-0.3, -0.25) is 0 Å². The van der Waals surface area contributed by atoms with Crippen LogP contribution in [0.3, 0.4) is 0 Å². The summed E-state index contributed by atoms with van der Waals surface area (Å²) >= 11 is 3.43. The van der Waals surface area contributed by atoms with Crippen LogP contribution in [-0.2, 0) is 0 Å². The first-order chi connectivity index (χ1) is 11.7. The van der Waals surface area contributed by atoms with E-state index in [-0.39, 0.29) is 0 Å². The molecule has 122 valence electrons. The number of aromatic nitrogens is 2. The summed E-state index contributed by atoms with van der Waals surface area (Å²) < 4.78 is 16.7. The van der Waals surface area contributed by atoms with Crippen molar-refractivity contribution in [3.05, 3.63) is 58.4 Å². The van der Waals surface area contributed by atoms with E-state index in [1.807, 2.05) is 48.5 Å².